The zero-order valence-corrected chi connectivity index (χ0v) is 18.1. The van der Waals surface area contributed by atoms with Crippen molar-refractivity contribution in [2.75, 3.05) is 16.1 Å². The first-order valence-corrected chi connectivity index (χ1v) is 11.8. The fraction of sp³-hybridized carbons (Fsp3) is 0.100. The lowest BCUT2D eigenvalue weighted by atomic mass is 10.2. The molecule has 0 atom stereocenters. The summed E-state index contributed by atoms with van der Waals surface area (Å²) in [6.07, 6.45) is 0. The van der Waals surface area contributed by atoms with Crippen molar-refractivity contribution in [2.45, 2.75) is 16.7 Å². The number of halogens is 1. The van der Waals surface area contributed by atoms with Gasteiger partial charge in [-0.1, -0.05) is 35.9 Å². The molecule has 0 amide bonds. The molecule has 0 aliphatic rings. The molecule has 1 N–H and O–H groups in total. The third-order valence-corrected chi connectivity index (χ3v) is 7.85. The van der Waals surface area contributed by atoms with Gasteiger partial charge in [-0.2, -0.15) is 0 Å². The summed E-state index contributed by atoms with van der Waals surface area (Å²) in [6, 6.07) is 18.7. The second-order valence-corrected chi connectivity index (χ2v) is 10.4. The molecule has 0 saturated heterocycles. The SMILES string of the molecule is Cc1cc(Cl)ccc1S(=O)(=O)Nc1cccc(S(=O)(=O)N(C)c2ccccc2)c1. The zero-order valence-electron chi connectivity index (χ0n) is 15.7. The molecule has 3 aromatic carbocycles. The van der Waals surface area contributed by atoms with Gasteiger partial charge in [-0.05, 0) is 61.0 Å². The van der Waals surface area contributed by atoms with Crippen LogP contribution in [-0.4, -0.2) is 23.9 Å². The molecule has 0 aliphatic heterocycles. The van der Waals surface area contributed by atoms with Crippen molar-refractivity contribution in [2.24, 2.45) is 0 Å². The second kappa shape index (κ2) is 8.06. The first-order valence-electron chi connectivity index (χ1n) is 8.54. The van der Waals surface area contributed by atoms with Gasteiger partial charge in [0.25, 0.3) is 20.0 Å². The Balaban J connectivity index is 1.93. The molecule has 3 rings (SSSR count). The van der Waals surface area contributed by atoms with Gasteiger partial charge >= 0.3 is 0 Å². The third-order valence-electron chi connectivity index (χ3n) is 4.29. The Hall–Kier alpha value is -2.55. The molecular formula is C20H19ClN2O4S2. The molecule has 29 heavy (non-hydrogen) atoms. The number of aryl methyl sites for hydroxylation is 1. The molecular weight excluding hydrogens is 432 g/mol. The average Bonchev–Trinajstić information content (AvgIpc) is 2.67. The number of hydrogen-bond donors (Lipinski definition) is 1. The van der Waals surface area contributed by atoms with Crippen molar-refractivity contribution < 1.29 is 16.8 Å². The van der Waals surface area contributed by atoms with Crippen LogP contribution in [0.25, 0.3) is 0 Å². The van der Waals surface area contributed by atoms with Gasteiger partial charge in [0, 0.05) is 12.1 Å². The van der Waals surface area contributed by atoms with Gasteiger partial charge in [-0.15, -0.1) is 0 Å². The third kappa shape index (κ3) is 4.55. The minimum Gasteiger partial charge on any atom is -0.280 e. The first-order chi connectivity index (χ1) is 13.6. The molecule has 0 fully saturated rings. The van der Waals surface area contributed by atoms with Gasteiger partial charge in [-0.25, -0.2) is 16.8 Å². The highest BCUT2D eigenvalue weighted by molar-refractivity contribution is 7.93. The lowest BCUT2D eigenvalue weighted by molar-refractivity contribution is 0.593. The van der Waals surface area contributed by atoms with Gasteiger partial charge in [-0.3, -0.25) is 9.03 Å². The van der Waals surface area contributed by atoms with Gasteiger partial charge in [0.15, 0.2) is 0 Å². The highest BCUT2D eigenvalue weighted by Crippen LogP contribution is 2.26. The van der Waals surface area contributed by atoms with Crippen molar-refractivity contribution in [3.8, 4) is 0 Å². The molecule has 0 unspecified atom stereocenters. The van der Waals surface area contributed by atoms with Crippen LogP contribution >= 0.6 is 11.6 Å². The Kier molecular flexibility index (Phi) is 5.88. The Labute approximate surface area is 175 Å². The molecule has 0 heterocycles. The summed E-state index contributed by atoms with van der Waals surface area (Å²) < 4.78 is 54.9. The van der Waals surface area contributed by atoms with Crippen LogP contribution in [-0.2, 0) is 20.0 Å². The van der Waals surface area contributed by atoms with Crippen molar-refractivity contribution in [3.05, 3.63) is 83.4 Å². The highest BCUT2D eigenvalue weighted by atomic mass is 35.5. The molecule has 0 aliphatic carbocycles. The van der Waals surface area contributed by atoms with E-state index in [1.165, 1.54) is 43.4 Å². The van der Waals surface area contributed by atoms with Gasteiger partial charge < -0.3 is 0 Å². The number of para-hydroxylation sites is 1. The topological polar surface area (TPSA) is 83.5 Å². The van der Waals surface area contributed by atoms with Crippen molar-refractivity contribution in [1.29, 1.82) is 0 Å². The van der Waals surface area contributed by atoms with Crippen LogP contribution in [0.2, 0.25) is 5.02 Å². The summed E-state index contributed by atoms with van der Waals surface area (Å²) >= 11 is 5.89. The van der Waals surface area contributed by atoms with E-state index in [9.17, 15) is 16.8 Å². The summed E-state index contributed by atoms with van der Waals surface area (Å²) in [5, 5.41) is 0.429. The summed E-state index contributed by atoms with van der Waals surface area (Å²) in [6.45, 7) is 1.64. The Morgan fingerprint density at radius 3 is 2.21 bits per heavy atom. The molecule has 0 aromatic heterocycles. The lowest BCUT2D eigenvalue weighted by Gasteiger charge is -2.20. The maximum atomic E-state index is 12.9. The van der Waals surface area contributed by atoms with Crippen molar-refractivity contribution >= 4 is 43.0 Å². The normalized spacial score (nSPS) is 11.8. The van der Waals surface area contributed by atoms with Gasteiger partial charge in [0.1, 0.15) is 0 Å². The summed E-state index contributed by atoms with van der Waals surface area (Å²) in [7, 11) is -6.34. The van der Waals surface area contributed by atoms with Gasteiger partial charge in [0.05, 0.1) is 21.2 Å². The van der Waals surface area contributed by atoms with Crippen molar-refractivity contribution in [3.63, 3.8) is 0 Å². The maximum Gasteiger partial charge on any atom is 0.264 e. The maximum absolute atomic E-state index is 12.9. The molecule has 0 bridgehead atoms. The van der Waals surface area contributed by atoms with Crippen LogP contribution in [0.15, 0.2) is 82.6 Å². The van der Waals surface area contributed by atoms with Crippen LogP contribution in [0.4, 0.5) is 11.4 Å². The van der Waals surface area contributed by atoms with Crippen LogP contribution < -0.4 is 9.03 Å². The standard InChI is InChI=1S/C20H19ClN2O4S2/c1-15-13-16(21)11-12-20(15)28(24,25)22-17-7-6-10-19(14-17)29(26,27)23(2)18-8-4-3-5-9-18/h3-14,22H,1-2H3. The molecule has 3 aromatic rings. The minimum absolute atomic E-state index is 0.0307. The van der Waals surface area contributed by atoms with Crippen LogP contribution in [0.5, 0.6) is 0 Å². The minimum atomic E-state index is -3.91. The predicted octanol–water partition coefficient (Wildman–Crippen LogP) is 4.27. The number of benzene rings is 3. The Morgan fingerprint density at radius 1 is 0.862 bits per heavy atom. The van der Waals surface area contributed by atoms with E-state index < -0.39 is 20.0 Å². The summed E-state index contributed by atoms with van der Waals surface area (Å²) in [4.78, 5) is 0.0356. The van der Waals surface area contributed by atoms with Crippen molar-refractivity contribution in [1.82, 2.24) is 0 Å². The zero-order chi connectivity index (χ0) is 21.2. The molecule has 152 valence electrons. The van der Waals surface area contributed by atoms with Gasteiger partial charge in [0.2, 0.25) is 0 Å². The van der Waals surface area contributed by atoms with E-state index in [0.29, 0.717) is 16.3 Å². The molecule has 9 heteroatoms. The van der Waals surface area contributed by atoms with E-state index in [-0.39, 0.29) is 15.5 Å². The summed E-state index contributed by atoms with van der Waals surface area (Å²) in [5.41, 5.74) is 1.12. The van der Waals surface area contributed by atoms with E-state index in [0.717, 1.165) is 4.31 Å². The summed E-state index contributed by atoms with van der Waals surface area (Å²) in [5.74, 6) is 0. The quantitative estimate of drug-likeness (QED) is 0.607. The molecule has 0 saturated carbocycles. The van der Waals surface area contributed by atoms with E-state index in [2.05, 4.69) is 4.72 Å². The smallest absolute Gasteiger partial charge is 0.264 e. The molecule has 6 nitrogen and oxygen atoms in total. The van der Waals surface area contributed by atoms with Crippen LogP contribution in [0.1, 0.15) is 5.56 Å². The predicted molar refractivity (Wildman–Crippen MR) is 115 cm³/mol. The van der Waals surface area contributed by atoms with E-state index in [4.69, 9.17) is 11.6 Å². The Morgan fingerprint density at radius 2 is 1.55 bits per heavy atom. The van der Waals surface area contributed by atoms with Crippen LogP contribution in [0, 0.1) is 6.92 Å². The Bertz CT molecular complexity index is 1240. The first kappa shape index (κ1) is 21.2. The molecule has 0 radical (unpaired) electrons. The lowest BCUT2D eigenvalue weighted by Crippen LogP contribution is -2.26. The highest BCUT2D eigenvalue weighted by Gasteiger charge is 2.23. The number of nitrogens with one attached hydrogen (secondary N) is 1. The second-order valence-electron chi connectivity index (χ2n) is 6.35. The fourth-order valence-corrected chi connectivity index (χ4v) is 5.53. The monoisotopic (exact) mass is 450 g/mol. The van der Waals surface area contributed by atoms with E-state index in [1.54, 1.807) is 43.3 Å². The number of rotatable bonds is 6. The number of nitrogens with zero attached hydrogens (tertiary/aromatic N) is 1. The number of anilines is 2. The molecule has 0 spiro atoms. The van der Waals surface area contributed by atoms with Crippen LogP contribution in [0.3, 0.4) is 0 Å². The number of hydrogen-bond acceptors (Lipinski definition) is 4. The average molecular weight is 451 g/mol. The number of sulfonamides is 2. The van der Waals surface area contributed by atoms with E-state index in [1.807, 2.05) is 0 Å². The fourth-order valence-electron chi connectivity index (χ4n) is 2.78. The van der Waals surface area contributed by atoms with E-state index >= 15 is 0 Å². The largest absolute Gasteiger partial charge is 0.280 e.